The van der Waals surface area contributed by atoms with Crippen LogP contribution in [0.4, 0.5) is 5.69 Å². The molecule has 0 aromatic heterocycles. The maximum absolute atomic E-state index is 10.7. The van der Waals surface area contributed by atoms with Crippen molar-refractivity contribution >= 4 is 23.2 Å². The number of aliphatic hydroxyl groups is 3. The van der Waals surface area contributed by atoms with Gasteiger partial charge in [0.05, 0.1) is 6.61 Å². The molecule has 1 saturated heterocycles. The molecule has 2 aromatic rings. The van der Waals surface area contributed by atoms with Crippen molar-refractivity contribution < 1.29 is 24.8 Å². The number of rotatable bonds is 5. The molecule has 31 heavy (non-hydrogen) atoms. The first kappa shape index (κ1) is 22.0. The Labute approximate surface area is 186 Å². The number of fused-ring (bicyclic) bond motifs is 1. The van der Waals surface area contributed by atoms with Gasteiger partial charge in [0.15, 0.2) is 12.0 Å². The Kier molecular flexibility index (Phi) is 5.98. The highest BCUT2D eigenvalue weighted by molar-refractivity contribution is 6.31. The van der Waals surface area contributed by atoms with E-state index in [4.69, 9.17) is 21.1 Å². The number of anilines is 1. The third kappa shape index (κ3) is 3.92. The van der Waals surface area contributed by atoms with Gasteiger partial charge in [0, 0.05) is 37.3 Å². The van der Waals surface area contributed by atoms with Crippen LogP contribution < -0.4 is 4.90 Å². The summed E-state index contributed by atoms with van der Waals surface area (Å²) in [6, 6.07) is 13.6. The van der Waals surface area contributed by atoms with Crippen molar-refractivity contribution in [2.24, 2.45) is 4.99 Å². The molecule has 2 aromatic carbocycles. The van der Waals surface area contributed by atoms with Gasteiger partial charge in [-0.25, -0.2) is 4.99 Å². The Morgan fingerprint density at radius 3 is 2.45 bits per heavy atom. The zero-order chi connectivity index (χ0) is 22.3. The Morgan fingerprint density at radius 2 is 1.81 bits per heavy atom. The van der Waals surface area contributed by atoms with Gasteiger partial charge in [-0.05, 0) is 41.8 Å². The Hall–Kier alpha value is -2.16. The number of halogens is 1. The molecule has 4 rings (SSSR count). The molecule has 0 spiro atoms. The molecule has 0 aliphatic carbocycles. The molecule has 3 N–H and O–H groups in total. The monoisotopic (exact) mass is 446 g/mol. The second kappa shape index (κ2) is 8.41. The molecule has 2 unspecified atom stereocenters. The second-order valence-electron chi connectivity index (χ2n) is 8.23. The highest BCUT2D eigenvalue weighted by atomic mass is 35.5. The van der Waals surface area contributed by atoms with Crippen LogP contribution in [-0.4, -0.2) is 66.3 Å². The quantitative estimate of drug-likeness (QED) is 0.651. The third-order valence-electron chi connectivity index (χ3n) is 5.87. The van der Waals surface area contributed by atoms with E-state index >= 15 is 0 Å². The van der Waals surface area contributed by atoms with Gasteiger partial charge in [0.1, 0.15) is 18.3 Å². The van der Waals surface area contributed by atoms with E-state index in [9.17, 15) is 15.3 Å². The fourth-order valence-corrected chi connectivity index (χ4v) is 4.37. The maximum atomic E-state index is 10.7. The average Bonchev–Trinajstić information content (AvgIpc) is 3.10. The summed E-state index contributed by atoms with van der Waals surface area (Å²) in [6.45, 7) is 1.21. The number of hydrogen-bond donors (Lipinski definition) is 3. The largest absolute Gasteiger partial charge is 0.469 e. The first-order valence-corrected chi connectivity index (χ1v) is 10.6. The Morgan fingerprint density at radius 1 is 1.10 bits per heavy atom. The van der Waals surface area contributed by atoms with Gasteiger partial charge in [-0.15, -0.1) is 0 Å². The van der Waals surface area contributed by atoms with E-state index in [0.29, 0.717) is 22.9 Å². The van der Waals surface area contributed by atoms with Crippen molar-refractivity contribution in [1.29, 1.82) is 0 Å². The van der Waals surface area contributed by atoms with Crippen molar-refractivity contribution in [1.82, 2.24) is 0 Å². The van der Waals surface area contributed by atoms with Crippen LogP contribution in [0.1, 0.15) is 23.6 Å². The minimum absolute atomic E-state index is 0.339. The molecule has 0 bridgehead atoms. The summed E-state index contributed by atoms with van der Waals surface area (Å²) in [4.78, 5) is 6.58. The fraction of sp³-hybridized carbons (Fsp3) is 0.435. The van der Waals surface area contributed by atoms with Crippen LogP contribution >= 0.6 is 11.6 Å². The summed E-state index contributed by atoms with van der Waals surface area (Å²) in [6.07, 6.45) is -3.89. The topological polar surface area (TPSA) is 94.8 Å². The molecule has 166 valence electrons. The number of aliphatic imine (C=N–C) groups is 1. The van der Waals surface area contributed by atoms with E-state index in [1.165, 1.54) is 0 Å². The molecule has 7 nitrogen and oxygen atoms in total. The predicted octanol–water partition coefficient (Wildman–Crippen LogP) is 2.08. The van der Waals surface area contributed by atoms with Gasteiger partial charge in [-0.2, -0.15) is 0 Å². The van der Waals surface area contributed by atoms with E-state index in [0.717, 1.165) is 16.8 Å². The van der Waals surface area contributed by atoms with Crippen molar-refractivity contribution in [3.63, 3.8) is 0 Å². The van der Waals surface area contributed by atoms with Gasteiger partial charge >= 0.3 is 0 Å². The maximum Gasteiger partial charge on any atom is 0.228 e. The Bertz CT molecular complexity index is 980. The number of aliphatic hydroxyl groups excluding tert-OH is 3. The molecule has 0 radical (unpaired) electrons. The lowest BCUT2D eigenvalue weighted by Crippen LogP contribution is -2.61. The number of ether oxygens (including phenoxy) is 2. The molecule has 1 fully saturated rings. The van der Waals surface area contributed by atoms with E-state index in [1.807, 2.05) is 37.2 Å². The zero-order valence-electron chi connectivity index (χ0n) is 17.7. The van der Waals surface area contributed by atoms with E-state index in [2.05, 4.69) is 17.1 Å². The number of hydrogen-bond acceptors (Lipinski definition) is 7. The minimum Gasteiger partial charge on any atom is -0.469 e. The van der Waals surface area contributed by atoms with Crippen molar-refractivity contribution in [3.8, 4) is 0 Å². The standard InChI is InChI=1S/C23H27ClN2O5/c1-13-25-23(22(30-13)21(29)20(28)19(12-27)31-23)16-6-9-18(24)15(11-16)10-14-4-7-17(8-5-14)26(2)3/h4-9,11,19-22,27-29H,10,12H2,1-3H3/t19-,20-,21+,22?,23?/m1/s1. The molecule has 2 aliphatic heterocycles. The van der Waals surface area contributed by atoms with Gasteiger partial charge < -0.3 is 29.7 Å². The molecule has 5 atom stereocenters. The molecule has 2 aliphatic rings. The number of benzene rings is 2. The molecule has 2 heterocycles. The lowest BCUT2D eigenvalue weighted by molar-refractivity contribution is -0.262. The first-order valence-electron chi connectivity index (χ1n) is 10.2. The van der Waals surface area contributed by atoms with Crippen LogP contribution in [0, 0.1) is 0 Å². The van der Waals surface area contributed by atoms with Gasteiger partial charge in [0.2, 0.25) is 5.72 Å². The fourth-order valence-electron chi connectivity index (χ4n) is 4.19. The summed E-state index contributed by atoms with van der Waals surface area (Å²) >= 11 is 6.50. The highest BCUT2D eigenvalue weighted by Crippen LogP contribution is 2.45. The van der Waals surface area contributed by atoms with Crippen LogP contribution in [0.5, 0.6) is 0 Å². The third-order valence-corrected chi connectivity index (χ3v) is 6.23. The smallest absolute Gasteiger partial charge is 0.228 e. The van der Waals surface area contributed by atoms with Crippen LogP contribution in [0.2, 0.25) is 5.02 Å². The van der Waals surface area contributed by atoms with Crippen molar-refractivity contribution in [2.75, 3.05) is 25.6 Å². The molecule has 0 amide bonds. The van der Waals surface area contributed by atoms with Gasteiger partial charge in [0.25, 0.3) is 0 Å². The molecule has 0 saturated carbocycles. The van der Waals surface area contributed by atoms with Crippen molar-refractivity contribution in [2.45, 2.75) is 43.5 Å². The number of nitrogens with zero attached hydrogens (tertiary/aromatic N) is 2. The van der Waals surface area contributed by atoms with E-state index in [1.54, 1.807) is 19.1 Å². The van der Waals surface area contributed by atoms with Crippen molar-refractivity contribution in [3.05, 3.63) is 64.2 Å². The lowest BCUT2D eigenvalue weighted by Gasteiger charge is -2.44. The van der Waals surface area contributed by atoms with E-state index < -0.39 is 36.7 Å². The predicted molar refractivity (Wildman–Crippen MR) is 119 cm³/mol. The van der Waals surface area contributed by atoms with Gasteiger partial charge in [-0.1, -0.05) is 29.8 Å². The highest BCUT2D eigenvalue weighted by Gasteiger charge is 2.59. The van der Waals surface area contributed by atoms with Crippen LogP contribution in [0.3, 0.4) is 0 Å². The summed E-state index contributed by atoms with van der Waals surface area (Å²) in [5.41, 5.74) is 2.34. The van der Waals surface area contributed by atoms with Gasteiger partial charge in [-0.3, -0.25) is 0 Å². The molecule has 8 heteroatoms. The second-order valence-corrected chi connectivity index (χ2v) is 8.64. The minimum atomic E-state index is -1.37. The Balaban J connectivity index is 1.70. The SMILES string of the molecule is CC1=NC2(c3ccc(Cl)c(Cc4ccc(N(C)C)cc4)c3)O[C@H](CO)[C@@H](O)[C@H](O)C2O1. The molecular weight excluding hydrogens is 420 g/mol. The average molecular weight is 447 g/mol. The molecular formula is C23H27ClN2O5. The summed E-state index contributed by atoms with van der Waals surface area (Å²) in [7, 11) is 3.98. The lowest BCUT2D eigenvalue weighted by atomic mass is 9.85. The summed E-state index contributed by atoms with van der Waals surface area (Å²) in [5.74, 6) is 0.339. The first-order chi connectivity index (χ1) is 14.7. The summed E-state index contributed by atoms with van der Waals surface area (Å²) < 4.78 is 11.8. The van der Waals surface area contributed by atoms with E-state index in [-0.39, 0.29) is 0 Å². The zero-order valence-corrected chi connectivity index (χ0v) is 18.5. The van der Waals surface area contributed by atoms with Crippen LogP contribution in [0.25, 0.3) is 0 Å². The van der Waals surface area contributed by atoms with Crippen LogP contribution in [-0.2, 0) is 21.6 Å². The van der Waals surface area contributed by atoms with Crippen LogP contribution in [0.15, 0.2) is 47.5 Å². The summed E-state index contributed by atoms with van der Waals surface area (Å²) in [5, 5.41) is 31.2. The normalized spacial score (nSPS) is 29.8.